The summed E-state index contributed by atoms with van der Waals surface area (Å²) >= 11 is 0. The highest BCUT2D eigenvalue weighted by molar-refractivity contribution is 5.85. The van der Waals surface area contributed by atoms with Gasteiger partial charge in [-0.05, 0) is 61.7 Å². The van der Waals surface area contributed by atoms with Crippen molar-refractivity contribution in [1.82, 2.24) is 15.1 Å². The Hall–Kier alpha value is -2.11. The van der Waals surface area contributed by atoms with Crippen molar-refractivity contribution in [3.8, 4) is 11.4 Å². The van der Waals surface area contributed by atoms with E-state index in [-0.39, 0.29) is 24.0 Å². The first-order chi connectivity index (χ1) is 11.8. The van der Waals surface area contributed by atoms with Gasteiger partial charge in [0.25, 0.3) is 0 Å². The van der Waals surface area contributed by atoms with E-state index in [1.54, 1.807) is 12.1 Å². The molecule has 1 aliphatic heterocycles. The maximum absolute atomic E-state index is 13.6. The fraction of sp³-hybridized carbons (Fsp3) is 0.316. The number of ether oxygens (including phenoxy) is 1. The van der Waals surface area contributed by atoms with Gasteiger partial charge in [0.05, 0.1) is 24.5 Å². The minimum atomic E-state index is -0.370. The van der Waals surface area contributed by atoms with Gasteiger partial charge in [0, 0.05) is 11.5 Å². The van der Waals surface area contributed by atoms with Crippen LogP contribution in [0.4, 0.5) is 4.39 Å². The van der Waals surface area contributed by atoms with Crippen molar-refractivity contribution in [2.24, 2.45) is 0 Å². The lowest BCUT2D eigenvalue weighted by Crippen LogP contribution is -2.26. The summed E-state index contributed by atoms with van der Waals surface area (Å²) in [4.78, 5) is 0. The number of nitrogens with zero attached hydrogens (tertiary/aromatic N) is 2. The minimum absolute atomic E-state index is 0. The van der Waals surface area contributed by atoms with Crippen molar-refractivity contribution >= 4 is 23.3 Å². The maximum Gasteiger partial charge on any atom is 0.165 e. The SMILES string of the molecule is COc1cc(-n2ncc3cc(C4CCNCC4)ccc32)ccc1F.Cl. The Labute approximate surface area is 152 Å². The third kappa shape index (κ3) is 3.34. The molecule has 1 N–H and O–H groups in total. The lowest BCUT2D eigenvalue weighted by atomic mass is 9.90. The molecule has 132 valence electrons. The molecule has 4 rings (SSSR count). The number of aromatic nitrogens is 2. The number of piperidine rings is 1. The first-order valence-corrected chi connectivity index (χ1v) is 8.28. The molecule has 2 aromatic carbocycles. The minimum Gasteiger partial charge on any atom is -0.494 e. The normalized spacial score (nSPS) is 15.1. The number of rotatable bonds is 3. The molecule has 0 unspecified atom stereocenters. The van der Waals surface area contributed by atoms with E-state index in [1.165, 1.54) is 31.6 Å². The largest absolute Gasteiger partial charge is 0.494 e. The summed E-state index contributed by atoms with van der Waals surface area (Å²) in [6.07, 6.45) is 4.22. The fourth-order valence-corrected chi connectivity index (χ4v) is 3.45. The Bertz CT molecular complexity index is 874. The van der Waals surface area contributed by atoms with Crippen molar-refractivity contribution in [3.05, 3.63) is 54.0 Å². The third-order valence-corrected chi connectivity index (χ3v) is 4.78. The first-order valence-electron chi connectivity index (χ1n) is 8.28. The van der Waals surface area contributed by atoms with Crippen molar-refractivity contribution in [2.75, 3.05) is 20.2 Å². The molecule has 0 saturated carbocycles. The number of hydrogen-bond donors (Lipinski definition) is 1. The van der Waals surface area contributed by atoms with E-state index >= 15 is 0 Å². The van der Waals surface area contributed by atoms with Gasteiger partial charge in [0.2, 0.25) is 0 Å². The smallest absolute Gasteiger partial charge is 0.165 e. The summed E-state index contributed by atoms with van der Waals surface area (Å²) in [5.74, 6) is 0.471. The predicted octanol–water partition coefficient (Wildman–Crippen LogP) is 4.06. The molecule has 1 fully saturated rings. The second-order valence-corrected chi connectivity index (χ2v) is 6.22. The molecule has 2 heterocycles. The molecule has 4 nitrogen and oxygen atoms in total. The summed E-state index contributed by atoms with van der Waals surface area (Å²) in [6, 6.07) is 11.3. The summed E-state index contributed by atoms with van der Waals surface area (Å²) < 4.78 is 20.5. The van der Waals surface area contributed by atoms with Crippen LogP contribution in [0.3, 0.4) is 0 Å². The number of hydrogen-bond acceptors (Lipinski definition) is 3. The zero-order valence-electron chi connectivity index (χ0n) is 14.0. The molecule has 1 saturated heterocycles. The van der Waals surface area contributed by atoms with Crippen LogP contribution in [0, 0.1) is 5.82 Å². The molecule has 0 atom stereocenters. The van der Waals surface area contributed by atoms with Crippen LogP contribution < -0.4 is 10.1 Å². The topological polar surface area (TPSA) is 39.1 Å². The van der Waals surface area contributed by atoms with Crippen molar-refractivity contribution < 1.29 is 9.13 Å². The Kier molecular flexibility index (Phi) is 5.25. The lowest BCUT2D eigenvalue weighted by molar-refractivity contribution is 0.386. The van der Waals surface area contributed by atoms with Gasteiger partial charge in [-0.25, -0.2) is 9.07 Å². The highest BCUT2D eigenvalue weighted by Crippen LogP contribution is 2.29. The molecular weight excluding hydrogens is 341 g/mol. The number of fused-ring (bicyclic) bond motifs is 1. The van der Waals surface area contributed by atoms with Gasteiger partial charge >= 0.3 is 0 Å². The van der Waals surface area contributed by atoms with Gasteiger partial charge in [0.15, 0.2) is 11.6 Å². The van der Waals surface area contributed by atoms with Crippen LogP contribution in [-0.4, -0.2) is 30.0 Å². The summed E-state index contributed by atoms with van der Waals surface area (Å²) in [6.45, 7) is 2.16. The van der Waals surface area contributed by atoms with Crippen LogP contribution in [0.15, 0.2) is 42.6 Å². The van der Waals surface area contributed by atoms with E-state index < -0.39 is 0 Å². The molecule has 0 radical (unpaired) electrons. The molecule has 3 aromatic rings. The van der Waals surface area contributed by atoms with Gasteiger partial charge in [-0.2, -0.15) is 5.10 Å². The summed E-state index contributed by atoms with van der Waals surface area (Å²) in [7, 11) is 1.47. The summed E-state index contributed by atoms with van der Waals surface area (Å²) in [5, 5.41) is 8.99. The molecule has 0 amide bonds. The second-order valence-electron chi connectivity index (χ2n) is 6.22. The first kappa shape index (κ1) is 17.7. The number of benzene rings is 2. The van der Waals surface area contributed by atoms with E-state index in [0.29, 0.717) is 5.92 Å². The number of nitrogens with one attached hydrogen (secondary N) is 1. The number of methoxy groups -OCH3 is 1. The van der Waals surface area contributed by atoms with Gasteiger partial charge in [-0.1, -0.05) is 6.07 Å². The van der Waals surface area contributed by atoms with E-state index in [4.69, 9.17) is 4.74 Å². The molecule has 1 aliphatic rings. The van der Waals surface area contributed by atoms with Crippen LogP contribution >= 0.6 is 12.4 Å². The Balaban J connectivity index is 0.00000182. The van der Waals surface area contributed by atoms with Crippen LogP contribution in [0.2, 0.25) is 0 Å². The van der Waals surface area contributed by atoms with Crippen LogP contribution in [0.25, 0.3) is 16.6 Å². The Morgan fingerprint density at radius 2 is 1.96 bits per heavy atom. The van der Waals surface area contributed by atoms with Crippen LogP contribution in [0.5, 0.6) is 5.75 Å². The molecule has 0 aliphatic carbocycles. The van der Waals surface area contributed by atoms with E-state index in [0.717, 1.165) is 29.7 Å². The molecule has 1 aromatic heterocycles. The number of halogens is 2. The standard InChI is InChI=1S/C19H20FN3O.ClH/c1-24-19-11-16(3-4-17(19)20)23-18-5-2-14(10-15(18)12-22-23)13-6-8-21-9-7-13;/h2-5,10-13,21H,6-9H2,1H3;1H. The van der Waals surface area contributed by atoms with Crippen molar-refractivity contribution in [3.63, 3.8) is 0 Å². The average Bonchev–Trinajstić information content (AvgIpc) is 3.06. The average molecular weight is 362 g/mol. The highest BCUT2D eigenvalue weighted by atomic mass is 35.5. The molecule has 0 spiro atoms. The van der Waals surface area contributed by atoms with Crippen molar-refractivity contribution in [1.29, 1.82) is 0 Å². The Morgan fingerprint density at radius 1 is 1.16 bits per heavy atom. The van der Waals surface area contributed by atoms with Crippen molar-refractivity contribution in [2.45, 2.75) is 18.8 Å². The highest BCUT2D eigenvalue weighted by Gasteiger charge is 2.16. The maximum atomic E-state index is 13.6. The van der Waals surface area contributed by atoms with Crippen LogP contribution in [-0.2, 0) is 0 Å². The second kappa shape index (κ2) is 7.42. The molecular formula is C19H21ClFN3O. The van der Waals surface area contributed by atoms with Gasteiger partial charge in [-0.15, -0.1) is 12.4 Å². The van der Waals surface area contributed by atoms with E-state index in [1.807, 2.05) is 10.9 Å². The fourth-order valence-electron chi connectivity index (χ4n) is 3.45. The predicted molar refractivity (Wildman–Crippen MR) is 99.7 cm³/mol. The third-order valence-electron chi connectivity index (χ3n) is 4.78. The molecule has 25 heavy (non-hydrogen) atoms. The Morgan fingerprint density at radius 3 is 2.72 bits per heavy atom. The van der Waals surface area contributed by atoms with Gasteiger partial charge in [0.1, 0.15) is 0 Å². The monoisotopic (exact) mass is 361 g/mol. The van der Waals surface area contributed by atoms with E-state index in [2.05, 4.69) is 28.6 Å². The van der Waals surface area contributed by atoms with Crippen LogP contribution in [0.1, 0.15) is 24.3 Å². The molecule has 0 bridgehead atoms. The summed E-state index contributed by atoms with van der Waals surface area (Å²) in [5.41, 5.74) is 3.18. The molecule has 6 heteroatoms. The zero-order chi connectivity index (χ0) is 16.5. The zero-order valence-corrected chi connectivity index (χ0v) is 14.9. The van der Waals surface area contributed by atoms with Gasteiger partial charge < -0.3 is 10.1 Å². The lowest BCUT2D eigenvalue weighted by Gasteiger charge is -2.23. The van der Waals surface area contributed by atoms with E-state index in [9.17, 15) is 4.39 Å². The quantitative estimate of drug-likeness (QED) is 0.764. The van der Waals surface area contributed by atoms with Gasteiger partial charge in [-0.3, -0.25) is 0 Å².